The minimum Gasteiger partial charge on any atom is -0.481 e. The molecule has 0 rings (SSSR count). The monoisotopic (exact) mass is 444 g/mol. The maximum atomic E-state index is 11.5. The van der Waals surface area contributed by atoms with Crippen LogP contribution >= 0.6 is 0 Å². The number of carbonyl (C=O) groups is 1. The molecule has 0 aromatic heterocycles. The van der Waals surface area contributed by atoms with E-state index in [2.05, 4.69) is 34.3 Å². The highest BCUT2D eigenvalue weighted by molar-refractivity contribution is 5.70. The van der Waals surface area contributed by atoms with Gasteiger partial charge in [0, 0.05) is 40.3 Å². The molecular formula is C25H48O6. The topological polar surface area (TPSA) is 74.2 Å². The molecule has 0 aliphatic heterocycles. The van der Waals surface area contributed by atoms with Gasteiger partial charge in [-0.25, -0.2) is 0 Å². The molecule has 0 amide bonds. The lowest BCUT2D eigenvalue weighted by Gasteiger charge is -2.39. The number of carboxylic acids is 1. The van der Waals surface area contributed by atoms with Crippen molar-refractivity contribution in [3.63, 3.8) is 0 Å². The largest absolute Gasteiger partial charge is 0.481 e. The predicted molar refractivity (Wildman–Crippen MR) is 125 cm³/mol. The Kier molecular flexibility index (Phi) is 14.5. The van der Waals surface area contributed by atoms with Crippen LogP contribution in [0.15, 0.2) is 12.7 Å². The molecule has 0 heterocycles. The number of hydrogen-bond acceptors (Lipinski definition) is 5. The summed E-state index contributed by atoms with van der Waals surface area (Å²) in [5.74, 6) is -0.502. The molecule has 0 bridgehead atoms. The minimum absolute atomic E-state index is 0.0312. The number of ether oxygens (including phenoxy) is 4. The Bertz CT molecular complexity index is 510. The highest BCUT2D eigenvalue weighted by atomic mass is 16.5. The van der Waals surface area contributed by atoms with Crippen LogP contribution in [0.3, 0.4) is 0 Å². The summed E-state index contributed by atoms with van der Waals surface area (Å²) in [6.45, 7) is 16.3. The first-order valence-electron chi connectivity index (χ1n) is 11.5. The number of hydrogen-bond donors (Lipinski definition) is 1. The first-order chi connectivity index (χ1) is 14.5. The molecule has 31 heavy (non-hydrogen) atoms. The summed E-state index contributed by atoms with van der Waals surface area (Å²) in [4.78, 5) is 11.5. The van der Waals surface area contributed by atoms with Crippen LogP contribution in [0.25, 0.3) is 0 Å². The van der Waals surface area contributed by atoms with E-state index in [0.29, 0.717) is 5.92 Å². The minimum atomic E-state index is -0.859. The van der Waals surface area contributed by atoms with E-state index in [0.717, 1.165) is 12.8 Å². The van der Waals surface area contributed by atoms with Crippen LogP contribution in [0.4, 0.5) is 0 Å². The molecule has 0 radical (unpaired) electrons. The summed E-state index contributed by atoms with van der Waals surface area (Å²) < 4.78 is 23.2. The van der Waals surface area contributed by atoms with Gasteiger partial charge in [-0.2, -0.15) is 0 Å². The Labute approximate surface area is 190 Å². The third kappa shape index (κ3) is 8.49. The third-order valence-electron chi connectivity index (χ3n) is 7.01. The van der Waals surface area contributed by atoms with Crippen LogP contribution in [0.5, 0.6) is 0 Å². The fourth-order valence-corrected chi connectivity index (χ4v) is 5.54. The highest BCUT2D eigenvalue weighted by Crippen LogP contribution is 2.34. The van der Waals surface area contributed by atoms with Gasteiger partial charge in [0.2, 0.25) is 0 Å². The van der Waals surface area contributed by atoms with E-state index in [-0.39, 0.29) is 42.0 Å². The van der Waals surface area contributed by atoms with Gasteiger partial charge in [0.05, 0.1) is 30.3 Å². The third-order valence-corrected chi connectivity index (χ3v) is 7.01. The van der Waals surface area contributed by atoms with E-state index in [1.807, 2.05) is 13.0 Å². The zero-order valence-corrected chi connectivity index (χ0v) is 21.5. The fraction of sp³-hybridized carbons (Fsp3) is 0.880. The molecule has 1 unspecified atom stereocenters. The zero-order chi connectivity index (χ0) is 24.3. The molecule has 0 saturated heterocycles. The molecule has 6 heteroatoms. The lowest BCUT2D eigenvalue weighted by atomic mass is 9.77. The van der Waals surface area contributed by atoms with Gasteiger partial charge in [-0.05, 0) is 37.5 Å². The molecular weight excluding hydrogens is 396 g/mol. The molecule has 0 aliphatic carbocycles. The average Bonchev–Trinajstić information content (AvgIpc) is 2.70. The van der Waals surface area contributed by atoms with Crippen molar-refractivity contribution in [2.75, 3.05) is 28.4 Å². The van der Waals surface area contributed by atoms with E-state index in [1.54, 1.807) is 35.4 Å². The van der Waals surface area contributed by atoms with E-state index in [9.17, 15) is 9.90 Å². The Hall–Kier alpha value is -0.950. The van der Waals surface area contributed by atoms with Gasteiger partial charge >= 0.3 is 5.97 Å². The van der Waals surface area contributed by atoms with E-state index in [1.165, 1.54) is 0 Å². The molecule has 0 aromatic rings. The summed E-state index contributed by atoms with van der Waals surface area (Å²) >= 11 is 0. The second-order valence-corrected chi connectivity index (χ2v) is 9.34. The van der Waals surface area contributed by atoms with Crippen LogP contribution in [0, 0.1) is 35.5 Å². The summed E-state index contributed by atoms with van der Waals surface area (Å²) in [7, 11) is 6.78. The molecule has 6 nitrogen and oxygen atoms in total. The van der Waals surface area contributed by atoms with Crippen molar-refractivity contribution < 1.29 is 28.8 Å². The molecule has 1 N–H and O–H groups in total. The number of allylic oxidation sites excluding steroid dienone is 1. The second-order valence-electron chi connectivity index (χ2n) is 9.34. The van der Waals surface area contributed by atoms with Crippen molar-refractivity contribution in [1.29, 1.82) is 0 Å². The number of aliphatic carboxylic acids is 1. The Morgan fingerprint density at radius 2 is 1.10 bits per heavy atom. The van der Waals surface area contributed by atoms with Crippen molar-refractivity contribution in [3.05, 3.63) is 12.7 Å². The van der Waals surface area contributed by atoms with Gasteiger partial charge in [-0.3, -0.25) is 4.79 Å². The van der Waals surface area contributed by atoms with Crippen molar-refractivity contribution in [3.8, 4) is 0 Å². The smallest absolute Gasteiger partial charge is 0.308 e. The van der Waals surface area contributed by atoms with Gasteiger partial charge in [-0.15, -0.1) is 6.58 Å². The molecule has 0 saturated carbocycles. The number of carboxylic acid groups (broad SMARTS) is 1. The Balaban J connectivity index is 5.39. The van der Waals surface area contributed by atoms with E-state index < -0.39 is 18.0 Å². The molecule has 184 valence electrons. The first kappa shape index (κ1) is 30.0. The average molecular weight is 445 g/mol. The Morgan fingerprint density at radius 3 is 1.42 bits per heavy atom. The van der Waals surface area contributed by atoms with Crippen molar-refractivity contribution >= 4 is 5.97 Å². The summed E-state index contributed by atoms with van der Waals surface area (Å²) in [6.07, 6.45) is 3.28. The second kappa shape index (κ2) is 15.0. The van der Waals surface area contributed by atoms with Crippen LogP contribution < -0.4 is 0 Å². The SMILES string of the molecule is C=CC[C@H](C)[C@H](OC)[C@@H](C)C(OC)[C@H](C)C[C@H](C)[C@H](OC)[C@@H](C)[C@H](OC)[C@@H](C)C(=O)O. The summed E-state index contributed by atoms with van der Waals surface area (Å²) in [6, 6.07) is 0. The van der Waals surface area contributed by atoms with Crippen molar-refractivity contribution in [2.45, 2.75) is 78.8 Å². The van der Waals surface area contributed by atoms with Crippen LogP contribution in [0.1, 0.15) is 54.4 Å². The van der Waals surface area contributed by atoms with Crippen LogP contribution in [0.2, 0.25) is 0 Å². The van der Waals surface area contributed by atoms with Gasteiger partial charge in [-0.1, -0.05) is 40.7 Å². The predicted octanol–water partition coefficient (Wildman–Crippen LogP) is 4.91. The number of methoxy groups -OCH3 is 4. The van der Waals surface area contributed by atoms with Gasteiger partial charge in [0.25, 0.3) is 0 Å². The van der Waals surface area contributed by atoms with Gasteiger partial charge < -0.3 is 24.1 Å². The maximum absolute atomic E-state index is 11.5. The lowest BCUT2D eigenvalue weighted by Crippen LogP contribution is -2.44. The highest BCUT2D eigenvalue weighted by Gasteiger charge is 2.38. The van der Waals surface area contributed by atoms with Gasteiger partial charge in [0.15, 0.2) is 0 Å². The van der Waals surface area contributed by atoms with Crippen molar-refractivity contribution in [1.82, 2.24) is 0 Å². The fourth-order valence-electron chi connectivity index (χ4n) is 5.54. The summed E-state index contributed by atoms with van der Waals surface area (Å²) in [5.41, 5.74) is 0. The maximum Gasteiger partial charge on any atom is 0.308 e. The molecule has 0 aliphatic rings. The summed E-state index contributed by atoms with van der Waals surface area (Å²) in [5, 5.41) is 9.44. The van der Waals surface area contributed by atoms with Crippen LogP contribution in [-0.2, 0) is 23.7 Å². The number of rotatable bonds is 17. The van der Waals surface area contributed by atoms with Crippen LogP contribution in [-0.4, -0.2) is 63.9 Å². The zero-order valence-electron chi connectivity index (χ0n) is 21.5. The van der Waals surface area contributed by atoms with E-state index in [4.69, 9.17) is 18.9 Å². The quantitative estimate of drug-likeness (QED) is 0.321. The molecule has 0 aromatic carbocycles. The van der Waals surface area contributed by atoms with E-state index >= 15 is 0 Å². The molecule has 0 spiro atoms. The lowest BCUT2D eigenvalue weighted by molar-refractivity contribution is -0.150. The van der Waals surface area contributed by atoms with Gasteiger partial charge in [0.1, 0.15) is 0 Å². The Morgan fingerprint density at radius 1 is 0.742 bits per heavy atom. The van der Waals surface area contributed by atoms with Crippen molar-refractivity contribution in [2.24, 2.45) is 35.5 Å². The molecule has 0 fully saturated rings. The normalized spacial score (nSPS) is 21.7. The first-order valence-corrected chi connectivity index (χ1v) is 11.5. The molecule has 10 atom stereocenters. The standard InChI is InChI=1S/C25H48O6/c1-12-13-15(2)21(28-8)18(5)22(29-9)16(3)14-17(4)23(30-10)19(6)24(31-11)20(7)25(26)27/h12,15-24H,1,13-14H2,2-11H3,(H,26,27)/t15-,16+,17-,18+,19+,20+,21-,22?,23-,24-/m0/s1.